The summed E-state index contributed by atoms with van der Waals surface area (Å²) in [6.45, 7) is 0.202. The average molecular weight is 296 g/mol. The molecule has 21 heavy (non-hydrogen) atoms. The van der Waals surface area contributed by atoms with Gasteiger partial charge in [-0.15, -0.1) is 13.2 Å². The maximum Gasteiger partial charge on any atom is 0.573 e. The van der Waals surface area contributed by atoms with E-state index in [0.29, 0.717) is 11.1 Å². The summed E-state index contributed by atoms with van der Waals surface area (Å²) < 4.78 is 39.8. The van der Waals surface area contributed by atoms with E-state index < -0.39 is 6.36 Å². The van der Waals surface area contributed by atoms with Crippen LogP contribution in [0.25, 0.3) is 0 Å². The molecule has 0 radical (unpaired) electrons. The number of benzene rings is 1. The highest BCUT2D eigenvalue weighted by Crippen LogP contribution is 2.22. The molecular formula is C14H11F3N2O2. The molecule has 0 aliphatic carbocycles. The molecule has 2 aromatic rings. The second-order valence-corrected chi connectivity index (χ2v) is 4.11. The third-order valence-corrected chi connectivity index (χ3v) is 2.55. The predicted octanol–water partition coefficient (Wildman–Crippen LogP) is 2.91. The Kier molecular flexibility index (Phi) is 4.42. The molecule has 0 aliphatic rings. The number of nitrogens with zero attached hydrogens (tertiary/aromatic N) is 1. The number of carbonyl (C=O) groups is 1. The number of rotatable bonds is 4. The van der Waals surface area contributed by atoms with Gasteiger partial charge in [0.1, 0.15) is 5.75 Å². The Bertz CT molecular complexity index is 598. The summed E-state index contributed by atoms with van der Waals surface area (Å²) in [6.07, 6.45) is -1.71. The van der Waals surface area contributed by atoms with Crippen molar-refractivity contribution in [2.75, 3.05) is 0 Å². The molecule has 1 heterocycles. The van der Waals surface area contributed by atoms with E-state index in [2.05, 4.69) is 15.0 Å². The van der Waals surface area contributed by atoms with E-state index in [4.69, 9.17) is 0 Å². The normalized spacial score (nSPS) is 11.0. The van der Waals surface area contributed by atoms with Crippen molar-refractivity contribution in [3.8, 4) is 5.75 Å². The molecule has 110 valence electrons. The van der Waals surface area contributed by atoms with Gasteiger partial charge in [-0.05, 0) is 29.8 Å². The maximum atomic E-state index is 12.0. The Morgan fingerprint density at radius 1 is 1.10 bits per heavy atom. The number of alkyl halides is 3. The van der Waals surface area contributed by atoms with Gasteiger partial charge in [-0.3, -0.25) is 9.78 Å². The van der Waals surface area contributed by atoms with Gasteiger partial charge in [-0.2, -0.15) is 0 Å². The van der Waals surface area contributed by atoms with Gasteiger partial charge in [0.25, 0.3) is 5.91 Å². The molecule has 0 bridgehead atoms. The Morgan fingerprint density at radius 3 is 2.29 bits per heavy atom. The summed E-state index contributed by atoms with van der Waals surface area (Å²) in [5.41, 5.74) is 1.12. The smallest absolute Gasteiger partial charge is 0.406 e. The monoisotopic (exact) mass is 296 g/mol. The second kappa shape index (κ2) is 6.25. The first-order valence-electron chi connectivity index (χ1n) is 5.97. The van der Waals surface area contributed by atoms with Crippen LogP contribution in [-0.4, -0.2) is 17.3 Å². The predicted molar refractivity (Wildman–Crippen MR) is 68.5 cm³/mol. The van der Waals surface area contributed by atoms with Crippen LogP contribution in [0.2, 0.25) is 0 Å². The van der Waals surface area contributed by atoms with E-state index in [1.165, 1.54) is 36.7 Å². The van der Waals surface area contributed by atoms with Crippen LogP contribution in [0.4, 0.5) is 13.2 Å². The van der Waals surface area contributed by atoms with E-state index in [-0.39, 0.29) is 18.2 Å². The van der Waals surface area contributed by atoms with Gasteiger partial charge in [-0.1, -0.05) is 12.1 Å². The number of hydrogen-bond donors (Lipinski definition) is 1. The highest BCUT2D eigenvalue weighted by molar-refractivity contribution is 5.93. The molecule has 7 heteroatoms. The lowest BCUT2D eigenvalue weighted by atomic mass is 10.2. The van der Waals surface area contributed by atoms with Crippen LogP contribution in [-0.2, 0) is 6.54 Å². The van der Waals surface area contributed by atoms with Gasteiger partial charge >= 0.3 is 6.36 Å². The fourth-order valence-corrected chi connectivity index (χ4v) is 1.60. The van der Waals surface area contributed by atoms with Crippen molar-refractivity contribution in [2.24, 2.45) is 0 Å². The molecule has 0 aliphatic heterocycles. The van der Waals surface area contributed by atoms with Gasteiger partial charge in [0, 0.05) is 24.5 Å². The van der Waals surface area contributed by atoms with Crippen LogP contribution in [0.1, 0.15) is 15.9 Å². The third kappa shape index (κ3) is 4.79. The van der Waals surface area contributed by atoms with Gasteiger partial charge < -0.3 is 10.1 Å². The quantitative estimate of drug-likeness (QED) is 0.943. The van der Waals surface area contributed by atoms with E-state index in [0.717, 1.165) is 0 Å². The fourth-order valence-electron chi connectivity index (χ4n) is 1.60. The van der Waals surface area contributed by atoms with Crippen molar-refractivity contribution in [2.45, 2.75) is 12.9 Å². The van der Waals surface area contributed by atoms with Gasteiger partial charge in [0.05, 0.1) is 0 Å². The maximum absolute atomic E-state index is 12.0. The van der Waals surface area contributed by atoms with Crippen molar-refractivity contribution in [3.63, 3.8) is 0 Å². The Balaban J connectivity index is 1.91. The minimum Gasteiger partial charge on any atom is -0.406 e. The number of ether oxygens (including phenoxy) is 1. The molecule has 4 nitrogen and oxygen atoms in total. The first-order chi connectivity index (χ1) is 9.94. The largest absolute Gasteiger partial charge is 0.573 e. The molecular weight excluding hydrogens is 285 g/mol. The lowest BCUT2D eigenvalue weighted by Gasteiger charge is -2.09. The Hall–Kier alpha value is -2.57. The molecule has 0 saturated heterocycles. The van der Waals surface area contributed by atoms with Gasteiger partial charge in [0.2, 0.25) is 0 Å². The van der Waals surface area contributed by atoms with E-state index in [1.807, 2.05) is 0 Å². The second-order valence-electron chi connectivity index (χ2n) is 4.11. The van der Waals surface area contributed by atoms with Crippen molar-refractivity contribution < 1.29 is 22.7 Å². The van der Waals surface area contributed by atoms with Crippen LogP contribution in [0.5, 0.6) is 5.75 Å². The van der Waals surface area contributed by atoms with Crippen molar-refractivity contribution in [1.82, 2.24) is 10.3 Å². The number of aromatic nitrogens is 1. The van der Waals surface area contributed by atoms with Gasteiger partial charge in [0.15, 0.2) is 0 Å². The molecule has 1 aromatic carbocycles. The number of hydrogen-bond acceptors (Lipinski definition) is 3. The Labute approximate surface area is 118 Å². The summed E-state index contributed by atoms with van der Waals surface area (Å²) in [5.74, 6) is -0.584. The molecule has 0 atom stereocenters. The summed E-state index contributed by atoms with van der Waals surface area (Å²) in [6, 6.07) is 8.43. The zero-order chi connectivity index (χ0) is 15.3. The number of nitrogens with one attached hydrogen (secondary N) is 1. The lowest BCUT2D eigenvalue weighted by Crippen LogP contribution is -2.22. The Morgan fingerprint density at radius 2 is 1.71 bits per heavy atom. The van der Waals surface area contributed by atoms with Crippen LogP contribution in [0, 0.1) is 0 Å². The van der Waals surface area contributed by atoms with E-state index in [9.17, 15) is 18.0 Å². The number of carbonyl (C=O) groups excluding carboxylic acids is 1. The molecule has 1 amide bonds. The van der Waals surface area contributed by atoms with Gasteiger partial charge in [-0.25, -0.2) is 0 Å². The molecule has 2 rings (SSSR count). The summed E-state index contributed by atoms with van der Waals surface area (Å²) >= 11 is 0. The molecule has 0 fully saturated rings. The van der Waals surface area contributed by atoms with Crippen molar-refractivity contribution >= 4 is 5.91 Å². The minimum absolute atomic E-state index is 0.202. The standard InChI is InChI=1S/C14H11F3N2O2/c15-14(16,17)21-12-3-1-10(2-4-12)9-19-13(20)11-5-7-18-8-6-11/h1-8H,9H2,(H,19,20). The SMILES string of the molecule is O=C(NCc1ccc(OC(F)(F)F)cc1)c1ccncc1. The van der Waals surface area contributed by atoms with Crippen LogP contribution in [0.15, 0.2) is 48.8 Å². The molecule has 1 N–H and O–H groups in total. The fraction of sp³-hybridized carbons (Fsp3) is 0.143. The summed E-state index contributed by atoms with van der Waals surface area (Å²) in [5, 5.41) is 2.65. The van der Waals surface area contributed by atoms with Crippen molar-refractivity contribution in [1.29, 1.82) is 0 Å². The van der Waals surface area contributed by atoms with Crippen LogP contribution in [0.3, 0.4) is 0 Å². The first kappa shape index (κ1) is 14.8. The lowest BCUT2D eigenvalue weighted by molar-refractivity contribution is -0.274. The molecule has 0 spiro atoms. The number of pyridine rings is 1. The molecule has 0 saturated carbocycles. The summed E-state index contributed by atoms with van der Waals surface area (Å²) in [7, 11) is 0. The average Bonchev–Trinajstić information content (AvgIpc) is 2.45. The number of halogens is 3. The van der Waals surface area contributed by atoms with Crippen LogP contribution < -0.4 is 10.1 Å². The van der Waals surface area contributed by atoms with Crippen molar-refractivity contribution in [3.05, 3.63) is 59.9 Å². The number of amides is 1. The first-order valence-corrected chi connectivity index (χ1v) is 5.97. The highest BCUT2D eigenvalue weighted by Gasteiger charge is 2.30. The van der Waals surface area contributed by atoms with Crippen LogP contribution >= 0.6 is 0 Å². The van der Waals surface area contributed by atoms with E-state index >= 15 is 0 Å². The zero-order valence-electron chi connectivity index (χ0n) is 10.7. The minimum atomic E-state index is -4.71. The van der Waals surface area contributed by atoms with E-state index in [1.54, 1.807) is 12.1 Å². The molecule has 1 aromatic heterocycles. The topological polar surface area (TPSA) is 51.2 Å². The molecule has 0 unspecified atom stereocenters. The zero-order valence-corrected chi connectivity index (χ0v) is 10.7. The highest BCUT2D eigenvalue weighted by atomic mass is 19.4. The third-order valence-electron chi connectivity index (χ3n) is 2.55. The summed E-state index contributed by atoms with van der Waals surface area (Å²) in [4.78, 5) is 15.6.